The Balaban J connectivity index is 2.09. The van der Waals surface area contributed by atoms with Gasteiger partial charge in [0.2, 0.25) is 0 Å². The molecule has 19 heavy (non-hydrogen) atoms. The first kappa shape index (κ1) is 14.3. The molecule has 0 spiro atoms. The fraction of sp³-hybridized carbons (Fsp3) is 0.615. The molecule has 0 radical (unpaired) electrons. The highest BCUT2D eigenvalue weighted by molar-refractivity contribution is 7.98. The highest BCUT2D eigenvalue weighted by Crippen LogP contribution is 2.13. The molecule has 0 aromatic carbocycles. The lowest BCUT2D eigenvalue weighted by Gasteiger charge is -2.33. The lowest BCUT2D eigenvalue weighted by atomic mass is 10.2. The second kappa shape index (κ2) is 6.34. The Morgan fingerprint density at radius 3 is 2.58 bits per heavy atom. The van der Waals surface area contributed by atoms with Crippen LogP contribution in [0, 0.1) is 6.92 Å². The van der Waals surface area contributed by atoms with Crippen molar-refractivity contribution in [2.45, 2.75) is 19.0 Å². The Hall–Kier alpha value is -1.14. The monoisotopic (exact) mass is 280 g/mol. The van der Waals surface area contributed by atoms with Gasteiger partial charge in [0.15, 0.2) is 5.16 Å². The average Bonchev–Trinajstić information content (AvgIpc) is 2.46. The van der Waals surface area contributed by atoms with Crippen molar-refractivity contribution in [3.05, 3.63) is 17.5 Å². The van der Waals surface area contributed by atoms with Crippen molar-refractivity contribution in [1.29, 1.82) is 0 Å². The Labute approximate surface area is 118 Å². The highest BCUT2D eigenvalue weighted by atomic mass is 32.2. The fourth-order valence-corrected chi connectivity index (χ4v) is 2.60. The molecule has 0 saturated carbocycles. The maximum Gasteiger partial charge on any atom is 0.272 e. The predicted molar refractivity (Wildman–Crippen MR) is 76.6 cm³/mol. The van der Waals surface area contributed by atoms with Gasteiger partial charge in [0.25, 0.3) is 5.91 Å². The Morgan fingerprint density at radius 1 is 1.32 bits per heavy atom. The molecule has 1 amide bonds. The molecule has 1 aliphatic heterocycles. The summed E-state index contributed by atoms with van der Waals surface area (Å²) in [6, 6.07) is 1.77. The first-order valence-electron chi connectivity index (χ1n) is 6.55. The number of hydrogen-bond donors (Lipinski definition) is 0. The second-order valence-electron chi connectivity index (χ2n) is 4.61. The molecule has 0 N–H and O–H groups in total. The molecule has 2 heterocycles. The van der Waals surface area contributed by atoms with Gasteiger partial charge >= 0.3 is 0 Å². The molecule has 1 aliphatic rings. The summed E-state index contributed by atoms with van der Waals surface area (Å²) < 4.78 is 0. The van der Waals surface area contributed by atoms with Gasteiger partial charge in [0.1, 0.15) is 5.69 Å². The van der Waals surface area contributed by atoms with Gasteiger partial charge < -0.3 is 9.80 Å². The molecule has 1 aromatic heterocycles. The van der Waals surface area contributed by atoms with Crippen molar-refractivity contribution >= 4 is 17.7 Å². The minimum Gasteiger partial charge on any atom is -0.335 e. The topological polar surface area (TPSA) is 49.3 Å². The molecular weight excluding hydrogens is 260 g/mol. The largest absolute Gasteiger partial charge is 0.335 e. The second-order valence-corrected chi connectivity index (χ2v) is 5.38. The van der Waals surface area contributed by atoms with Gasteiger partial charge in [-0.3, -0.25) is 4.79 Å². The molecule has 5 nitrogen and oxygen atoms in total. The summed E-state index contributed by atoms with van der Waals surface area (Å²) in [5, 5.41) is 0.663. The van der Waals surface area contributed by atoms with Crippen molar-refractivity contribution in [3.63, 3.8) is 0 Å². The standard InChI is InChI=1S/C13H20N4OS/c1-4-16-5-7-17(8-6-16)12(18)11-9-10(2)14-13(15-11)19-3/h9H,4-8H2,1-3H3. The average molecular weight is 280 g/mol. The zero-order valence-corrected chi connectivity index (χ0v) is 12.5. The van der Waals surface area contributed by atoms with E-state index >= 15 is 0 Å². The molecular formula is C13H20N4OS. The number of likely N-dealkylation sites (N-methyl/N-ethyl adjacent to an activating group) is 1. The Morgan fingerprint density at radius 2 is 2.00 bits per heavy atom. The number of carbonyl (C=O) groups is 1. The first-order valence-corrected chi connectivity index (χ1v) is 7.77. The lowest BCUT2D eigenvalue weighted by Crippen LogP contribution is -2.48. The third-order valence-corrected chi connectivity index (χ3v) is 3.89. The molecule has 1 aromatic rings. The number of piperazine rings is 1. The highest BCUT2D eigenvalue weighted by Gasteiger charge is 2.22. The Kier molecular flexibility index (Phi) is 4.76. The van der Waals surface area contributed by atoms with E-state index in [1.807, 2.05) is 18.1 Å². The van der Waals surface area contributed by atoms with Crippen LogP contribution in [0.1, 0.15) is 23.1 Å². The number of amides is 1. The number of nitrogens with zero attached hydrogens (tertiary/aromatic N) is 4. The van der Waals surface area contributed by atoms with Gasteiger partial charge in [-0.25, -0.2) is 9.97 Å². The molecule has 1 fully saturated rings. The van der Waals surface area contributed by atoms with Gasteiger partial charge in [-0.15, -0.1) is 0 Å². The summed E-state index contributed by atoms with van der Waals surface area (Å²) in [5.74, 6) is 0.0246. The molecule has 0 bridgehead atoms. The number of rotatable bonds is 3. The molecule has 6 heteroatoms. The van der Waals surface area contributed by atoms with Gasteiger partial charge in [0.05, 0.1) is 0 Å². The van der Waals surface area contributed by atoms with Crippen LogP contribution in [0.5, 0.6) is 0 Å². The van der Waals surface area contributed by atoms with E-state index in [9.17, 15) is 4.79 Å². The summed E-state index contributed by atoms with van der Waals surface area (Å²) in [4.78, 5) is 25.3. The van der Waals surface area contributed by atoms with Crippen molar-refractivity contribution in [2.24, 2.45) is 0 Å². The number of hydrogen-bond acceptors (Lipinski definition) is 5. The summed E-state index contributed by atoms with van der Waals surface area (Å²) in [6.07, 6.45) is 1.92. The SMILES string of the molecule is CCN1CCN(C(=O)c2cc(C)nc(SC)n2)CC1. The molecule has 1 saturated heterocycles. The van der Waals surface area contributed by atoms with Crippen LogP contribution in [-0.2, 0) is 0 Å². The van der Waals surface area contributed by atoms with Gasteiger partial charge in [-0.2, -0.15) is 0 Å². The molecule has 104 valence electrons. The normalized spacial score (nSPS) is 16.7. The van der Waals surface area contributed by atoms with Crippen LogP contribution in [0.2, 0.25) is 0 Å². The zero-order chi connectivity index (χ0) is 13.8. The predicted octanol–water partition coefficient (Wildman–Crippen LogP) is 1.28. The van der Waals surface area contributed by atoms with E-state index in [0.717, 1.165) is 38.4 Å². The number of aromatic nitrogens is 2. The number of carbonyl (C=O) groups excluding carboxylic acids is 1. The van der Waals surface area contributed by atoms with E-state index in [-0.39, 0.29) is 5.91 Å². The Bertz CT molecular complexity index is 458. The van der Waals surface area contributed by atoms with Crippen LogP contribution in [0.4, 0.5) is 0 Å². The van der Waals surface area contributed by atoms with Crippen LogP contribution in [0.25, 0.3) is 0 Å². The molecule has 0 unspecified atom stereocenters. The summed E-state index contributed by atoms with van der Waals surface area (Å²) in [7, 11) is 0. The van der Waals surface area contributed by atoms with Gasteiger partial charge in [0, 0.05) is 31.9 Å². The fourth-order valence-electron chi connectivity index (χ4n) is 2.17. The molecule has 0 aliphatic carbocycles. The molecule has 0 atom stereocenters. The van der Waals surface area contributed by atoms with Crippen molar-refractivity contribution in [1.82, 2.24) is 19.8 Å². The minimum atomic E-state index is 0.0246. The van der Waals surface area contributed by atoms with E-state index in [2.05, 4.69) is 21.8 Å². The van der Waals surface area contributed by atoms with E-state index in [1.165, 1.54) is 11.8 Å². The smallest absolute Gasteiger partial charge is 0.272 e. The quantitative estimate of drug-likeness (QED) is 0.617. The molecule has 2 rings (SSSR count). The van der Waals surface area contributed by atoms with E-state index in [4.69, 9.17) is 0 Å². The van der Waals surface area contributed by atoms with E-state index in [0.29, 0.717) is 10.9 Å². The summed E-state index contributed by atoms with van der Waals surface area (Å²) in [6.45, 7) is 8.55. The first-order chi connectivity index (χ1) is 9.13. The number of aryl methyl sites for hydroxylation is 1. The van der Waals surface area contributed by atoms with E-state index in [1.54, 1.807) is 6.07 Å². The minimum absolute atomic E-state index is 0.0246. The third-order valence-electron chi connectivity index (χ3n) is 3.34. The third kappa shape index (κ3) is 3.45. The maximum absolute atomic E-state index is 12.4. The van der Waals surface area contributed by atoms with Crippen LogP contribution in [0.15, 0.2) is 11.2 Å². The van der Waals surface area contributed by atoms with Gasteiger partial charge in [-0.05, 0) is 25.8 Å². The zero-order valence-electron chi connectivity index (χ0n) is 11.7. The van der Waals surface area contributed by atoms with Crippen molar-refractivity contribution in [3.8, 4) is 0 Å². The maximum atomic E-state index is 12.4. The van der Waals surface area contributed by atoms with Crippen LogP contribution in [0.3, 0.4) is 0 Å². The van der Waals surface area contributed by atoms with Crippen molar-refractivity contribution in [2.75, 3.05) is 39.0 Å². The van der Waals surface area contributed by atoms with E-state index < -0.39 is 0 Å². The number of thioether (sulfide) groups is 1. The summed E-state index contributed by atoms with van der Waals surface area (Å²) >= 11 is 1.46. The van der Waals surface area contributed by atoms with Crippen LogP contribution < -0.4 is 0 Å². The van der Waals surface area contributed by atoms with Crippen LogP contribution >= 0.6 is 11.8 Å². The van der Waals surface area contributed by atoms with Gasteiger partial charge in [-0.1, -0.05) is 18.7 Å². The summed E-state index contributed by atoms with van der Waals surface area (Å²) in [5.41, 5.74) is 1.36. The van der Waals surface area contributed by atoms with Crippen LogP contribution in [-0.4, -0.2) is 64.7 Å². The van der Waals surface area contributed by atoms with Crippen molar-refractivity contribution < 1.29 is 4.79 Å². The lowest BCUT2D eigenvalue weighted by molar-refractivity contribution is 0.0636.